The monoisotopic (exact) mass is 235 g/mol. The lowest BCUT2D eigenvalue weighted by molar-refractivity contribution is 0.162. The summed E-state index contributed by atoms with van der Waals surface area (Å²) in [5.74, 6) is -0.0524. The summed E-state index contributed by atoms with van der Waals surface area (Å²) >= 11 is 0. The fraction of sp³-hybridized carbons (Fsp3) is 1.00. The second-order valence-corrected chi connectivity index (χ2v) is 6.86. The van der Waals surface area contributed by atoms with Crippen LogP contribution in [0.3, 0.4) is 0 Å². The molecule has 0 radical (unpaired) electrons. The highest BCUT2D eigenvalue weighted by atomic mass is 32.2. The van der Waals surface area contributed by atoms with E-state index >= 15 is 0 Å². The zero-order chi connectivity index (χ0) is 10.9. The van der Waals surface area contributed by atoms with E-state index in [-0.39, 0.29) is 11.2 Å². The zero-order valence-electron chi connectivity index (χ0n) is 8.86. The Kier molecular flexibility index (Phi) is 3.30. The number of alkyl halides is 1. The molecule has 15 heavy (non-hydrogen) atoms. The van der Waals surface area contributed by atoms with Crippen molar-refractivity contribution < 1.29 is 12.8 Å². The van der Waals surface area contributed by atoms with Gasteiger partial charge in [-0.3, -0.25) is 4.39 Å². The molecule has 1 saturated heterocycles. The average Bonchev–Trinajstić information content (AvgIpc) is 2.17. The maximum Gasteiger partial charge on any atom is 0.217 e. The summed E-state index contributed by atoms with van der Waals surface area (Å²) < 4.78 is 37.8. The van der Waals surface area contributed by atoms with E-state index in [1.165, 1.54) is 4.31 Å². The Morgan fingerprint density at radius 2 is 1.73 bits per heavy atom. The molecular weight excluding hydrogens is 217 g/mol. The van der Waals surface area contributed by atoms with Crippen molar-refractivity contribution in [2.75, 3.05) is 19.8 Å². The third-order valence-electron chi connectivity index (χ3n) is 3.48. The van der Waals surface area contributed by atoms with E-state index in [0.717, 1.165) is 32.1 Å². The molecule has 5 heteroatoms. The van der Waals surface area contributed by atoms with Crippen LogP contribution in [0.15, 0.2) is 0 Å². The molecule has 0 N–H and O–H groups in total. The number of rotatable bonds is 3. The zero-order valence-corrected chi connectivity index (χ0v) is 9.68. The second kappa shape index (κ2) is 4.37. The molecule has 0 atom stereocenters. The van der Waals surface area contributed by atoms with Gasteiger partial charge in [-0.05, 0) is 12.8 Å². The molecule has 0 bridgehead atoms. The third-order valence-corrected chi connectivity index (χ3v) is 5.81. The molecule has 0 aromatic rings. The van der Waals surface area contributed by atoms with Crippen molar-refractivity contribution in [1.29, 1.82) is 0 Å². The van der Waals surface area contributed by atoms with E-state index in [1.807, 2.05) is 0 Å². The fourth-order valence-corrected chi connectivity index (χ4v) is 4.59. The topological polar surface area (TPSA) is 37.4 Å². The van der Waals surface area contributed by atoms with Crippen molar-refractivity contribution in [2.45, 2.75) is 37.4 Å². The minimum atomic E-state index is -3.10. The Balaban J connectivity index is 1.95. The maximum atomic E-state index is 12.2. The third kappa shape index (κ3) is 2.18. The van der Waals surface area contributed by atoms with Crippen LogP contribution in [0.2, 0.25) is 0 Å². The molecule has 2 rings (SSSR count). The highest BCUT2D eigenvalue weighted by Gasteiger charge is 2.40. The van der Waals surface area contributed by atoms with E-state index in [1.54, 1.807) is 0 Å². The molecule has 2 fully saturated rings. The van der Waals surface area contributed by atoms with Gasteiger partial charge in [0.1, 0.15) is 0 Å². The van der Waals surface area contributed by atoms with Crippen LogP contribution in [0.4, 0.5) is 4.39 Å². The molecule has 0 aromatic heterocycles. The summed E-state index contributed by atoms with van der Waals surface area (Å²) in [6.07, 6.45) is 4.77. The minimum absolute atomic E-state index is 0.0524. The Labute approximate surface area is 90.7 Å². The molecule has 88 valence electrons. The van der Waals surface area contributed by atoms with Crippen LogP contribution in [-0.4, -0.2) is 37.7 Å². The first kappa shape index (κ1) is 11.3. The van der Waals surface area contributed by atoms with E-state index in [9.17, 15) is 12.8 Å². The van der Waals surface area contributed by atoms with Gasteiger partial charge in [-0.15, -0.1) is 0 Å². The van der Waals surface area contributed by atoms with Crippen LogP contribution in [0.25, 0.3) is 0 Å². The highest BCUT2D eigenvalue weighted by Crippen LogP contribution is 2.30. The maximum absolute atomic E-state index is 12.2. The van der Waals surface area contributed by atoms with Gasteiger partial charge >= 0.3 is 0 Å². The molecule has 0 amide bonds. The molecule has 0 spiro atoms. The van der Waals surface area contributed by atoms with Gasteiger partial charge in [0.15, 0.2) is 0 Å². The predicted molar refractivity (Wildman–Crippen MR) is 56.8 cm³/mol. The summed E-state index contributed by atoms with van der Waals surface area (Å²) in [5, 5.41) is -0.188. The Hall–Kier alpha value is -0.160. The average molecular weight is 235 g/mol. The number of sulfonamides is 1. The number of hydrogen-bond acceptors (Lipinski definition) is 2. The number of halogens is 1. The van der Waals surface area contributed by atoms with Crippen LogP contribution in [0.1, 0.15) is 32.1 Å². The van der Waals surface area contributed by atoms with Crippen molar-refractivity contribution >= 4 is 10.0 Å². The fourth-order valence-electron chi connectivity index (χ4n) is 2.40. The Morgan fingerprint density at radius 1 is 1.13 bits per heavy atom. The van der Waals surface area contributed by atoms with Gasteiger partial charge in [0, 0.05) is 19.0 Å². The molecule has 2 aliphatic rings. The lowest BCUT2D eigenvalue weighted by atomic mass is 10.0. The van der Waals surface area contributed by atoms with Gasteiger partial charge in [-0.25, -0.2) is 12.7 Å². The van der Waals surface area contributed by atoms with E-state index in [2.05, 4.69) is 0 Å². The van der Waals surface area contributed by atoms with E-state index in [0.29, 0.717) is 13.1 Å². The van der Waals surface area contributed by atoms with Gasteiger partial charge in [-0.1, -0.05) is 19.3 Å². The largest absolute Gasteiger partial charge is 0.251 e. The first-order valence-electron chi connectivity index (χ1n) is 5.69. The molecule has 1 saturated carbocycles. The van der Waals surface area contributed by atoms with Gasteiger partial charge in [0.25, 0.3) is 0 Å². The normalized spacial score (nSPS) is 26.5. The molecule has 1 aliphatic carbocycles. The van der Waals surface area contributed by atoms with E-state index in [4.69, 9.17) is 0 Å². The highest BCUT2D eigenvalue weighted by molar-refractivity contribution is 7.89. The van der Waals surface area contributed by atoms with Crippen LogP contribution < -0.4 is 0 Å². The predicted octanol–water partition coefficient (Wildman–Crippen LogP) is 1.55. The van der Waals surface area contributed by atoms with Crippen LogP contribution >= 0.6 is 0 Å². The Bertz CT molecular complexity index is 305. The number of nitrogens with zero attached hydrogens (tertiary/aromatic N) is 1. The summed E-state index contributed by atoms with van der Waals surface area (Å²) in [4.78, 5) is 0. The van der Waals surface area contributed by atoms with Gasteiger partial charge in [0.2, 0.25) is 10.0 Å². The van der Waals surface area contributed by atoms with Crippen molar-refractivity contribution in [3.63, 3.8) is 0 Å². The van der Waals surface area contributed by atoms with Gasteiger partial charge in [0.05, 0.1) is 11.9 Å². The van der Waals surface area contributed by atoms with Crippen LogP contribution in [0.5, 0.6) is 0 Å². The van der Waals surface area contributed by atoms with Crippen molar-refractivity contribution in [2.24, 2.45) is 5.92 Å². The lowest BCUT2D eigenvalue weighted by Gasteiger charge is -2.39. The summed E-state index contributed by atoms with van der Waals surface area (Å²) in [6, 6.07) is 0. The molecular formula is C10H18FNO2S. The minimum Gasteiger partial charge on any atom is -0.251 e. The summed E-state index contributed by atoms with van der Waals surface area (Å²) in [7, 11) is -3.10. The lowest BCUT2D eigenvalue weighted by Crippen LogP contribution is -2.53. The van der Waals surface area contributed by atoms with Crippen molar-refractivity contribution in [3.8, 4) is 0 Å². The van der Waals surface area contributed by atoms with E-state index < -0.39 is 16.7 Å². The molecule has 0 aromatic carbocycles. The molecule has 1 aliphatic heterocycles. The molecule has 0 unspecified atom stereocenters. The Morgan fingerprint density at radius 3 is 2.27 bits per heavy atom. The summed E-state index contributed by atoms with van der Waals surface area (Å²) in [5.41, 5.74) is 0. The molecule has 3 nitrogen and oxygen atoms in total. The van der Waals surface area contributed by atoms with Crippen molar-refractivity contribution in [3.05, 3.63) is 0 Å². The van der Waals surface area contributed by atoms with Gasteiger partial charge in [-0.2, -0.15) is 0 Å². The summed E-state index contributed by atoms with van der Waals surface area (Å²) in [6.45, 7) is 0.404. The van der Waals surface area contributed by atoms with Crippen molar-refractivity contribution in [1.82, 2.24) is 4.31 Å². The quantitative estimate of drug-likeness (QED) is 0.744. The first-order chi connectivity index (χ1) is 7.14. The first-order valence-corrected chi connectivity index (χ1v) is 7.20. The molecule has 1 heterocycles. The van der Waals surface area contributed by atoms with Crippen LogP contribution in [-0.2, 0) is 10.0 Å². The van der Waals surface area contributed by atoms with Gasteiger partial charge < -0.3 is 0 Å². The standard InChI is InChI=1S/C10H18FNO2S/c11-6-9-7-12(8-9)15(13,14)10-4-2-1-3-5-10/h9-10H,1-8H2. The number of hydrogen-bond donors (Lipinski definition) is 0. The SMILES string of the molecule is O=S(=O)(C1CCCCC1)N1CC(CF)C1. The smallest absolute Gasteiger partial charge is 0.217 e. The second-order valence-electron chi connectivity index (χ2n) is 4.64. The van der Waals surface area contributed by atoms with Crippen LogP contribution in [0, 0.1) is 5.92 Å².